The van der Waals surface area contributed by atoms with E-state index < -0.39 is 0 Å². The van der Waals surface area contributed by atoms with Gasteiger partial charge in [0.1, 0.15) is 12.8 Å². The predicted molar refractivity (Wildman–Crippen MR) is 52.0 cm³/mol. The van der Waals surface area contributed by atoms with E-state index in [4.69, 9.17) is 9.57 Å². The van der Waals surface area contributed by atoms with E-state index in [0.29, 0.717) is 6.61 Å². The fraction of sp³-hybridized carbons (Fsp3) is 0.778. The maximum absolute atomic E-state index is 9.71. The zero-order valence-electron chi connectivity index (χ0n) is 8.15. The molecule has 0 bridgehead atoms. The zero-order valence-corrected chi connectivity index (χ0v) is 8.15. The lowest BCUT2D eigenvalue weighted by molar-refractivity contribution is 0.0323. The highest BCUT2D eigenvalue weighted by molar-refractivity contribution is 6.13. The van der Waals surface area contributed by atoms with Crippen molar-refractivity contribution in [3.63, 3.8) is 0 Å². The van der Waals surface area contributed by atoms with Gasteiger partial charge >= 0.3 is 0 Å². The van der Waals surface area contributed by atoms with Crippen LogP contribution in [-0.4, -0.2) is 56.9 Å². The second-order valence-corrected chi connectivity index (χ2v) is 2.99. The van der Waals surface area contributed by atoms with E-state index in [2.05, 4.69) is 10.1 Å². The molecule has 0 spiro atoms. The summed E-state index contributed by atoms with van der Waals surface area (Å²) >= 11 is 0. The molecule has 0 aromatic rings. The Labute approximate surface area is 83.7 Å². The van der Waals surface area contributed by atoms with Crippen LogP contribution in [0.2, 0.25) is 0 Å². The van der Waals surface area contributed by atoms with Crippen LogP contribution in [-0.2, 0) is 14.4 Å². The molecule has 0 unspecified atom stereocenters. The minimum atomic E-state index is 0.537. The maximum Gasteiger partial charge on any atom is 0.248 e. The van der Waals surface area contributed by atoms with E-state index in [1.807, 2.05) is 0 Å². The molecule has 5 nitrogen and oxygen atoms in total. The molecule has 0 saturated carbocycles. The normalized spacial score (nSPS) is 18.6. The first-order chi connectivity index (χ1) is 6.93. The summed E-state index contributed by atoms with van der Waals surface area (Å²) in [6.45, 7) is 5.15. The van der Waals surface area contributed by atoms with Crippen molar-refractivity contribution in [2.45, 2.75) is 6.42 Å². The van der Waals surface area contributed by atoms with E-state index in [9.17, 15) is 4.79 Å². The molecule has 1 aliphatic heterocycles. The van der Waals surface area contributed by atoms with E-state index in [0.717, 1.165) is 45.5 Å². The van der Waals surface area contributed by atoms with Crippen LogP contribution in [0.1, 0.15) is 6.42 Å². The number of hydrogen-bond acceptors (Lipinski definition) is 5. The van der Waals surface area contributed by atoms with Gasteiger partial charge in [-0.25, -0.2) is 0 Å². The van der Waals surface area contributed by atoms with Crippen molar-refractivity contribution in [2.24, 2.45) is 5.16 Å². The lowest BCUT2D eigenvalue weighted by Gasteiger charge is -2.26. The first-order valence-corrected chi connectivity index (χ1v) is 4.75. The van der Waals surface area contributed by atoms with Crippen molar-refractivity contribution in [2.75, 3.05) is 39.5 Å². The summed E-state index contributed by atoms with van der Waals surface area (Å²) in [6, 6.07) is 0. The van der Waals surface area contributed by atoms with Crippen molar-refractivity contribution in [1.29, 1.82) is 0 Å². The third-order valence-corrected chi connectivity index (χ3v) is 1.99. The highest BCUT2D eigenvalue weighted by Crippen LogP contribution is 1.97. The third kappa shape index (κ3) is 4.94. The minimum Gasteiger partial charge on any atom is -0.396 e. The van der Waals surface area contributed by atoms with E-state index in [-0.39, 0.29) is 0 Å². The summed E-state index contributed by atoms with van der Waals surface area (Å²) in [5.74, 6) is 0. The highest BCUT2D eigenvalue weighted by atomic mass is 16.6. The van der Waals surface area contributed by atoms with Gasteiger partial charge in [0.05, 0.1) is 13.2 Å². The topological polar surface area (TPSA) is 51.1 Å². The van der Waals surface area contributed by atoms with Crippen molar-refractivity contribution in [1.82, 2.24) is 4.90 Å². The molecule has 1 rings (SSSR count). The number of hydrogen-bond donors (Lipinski definition) is 0. The van der Waals surface area contributed by atoms with Crippen molar-refractivity contribution < 1.29 is 14.4 Å². The van der Waals surface area contributed by atoms with Crippen LogP contribution in [0.4, 0.5) is 0 Å². The molecule has 0 aliphatic carbocycles. The van der Waals surface area contributed by atoms with Gasteiger partial charge < -0.3 is 9.57 Å². The van der Waals surface area contributed by atoms with Gasteiger partial charge in [0.15, 0.2) is 0 Å². The third-order valence-electron chi connectivity index (χ3n) is 1.99. The number of carbonyl (C=O) groups excluding carboxylic acids is 1. The number of ether oxygens (including phenoxy) is 1. The van der Waals surface area contributed by atoms with Crippen LogP contribution in [0, 0.1) is 0 Å². The van der Waals surface area contributed by atoms with Gasteiger partial charge in [-0.1, -0.05) is 5.16 Å². The Morgan fingerprint density at radius 1 is 1.50 bits per heavy atom. The molecular weight excluding hydrogens is 184 g/mol. The Bertz CT molecular complexity index is 179. The molecule has 1 aliphatic rings. The molecule has 79 valence electrons. The maximum atomic E-state index is 9.71. The van der Waals surface area contributed by atoms with Crippen LogP contribution in [0.25, 0.3) is 0 Å². The molecule has 0 amide bonds. The lowest BCUT2D eigenvalue weighted by atomic mass is 10.3. The van der Waals surface area contributed by atoms with Gasteiger partial charge in [-0.3, -0.25) is 9.69 Å². The van der Waals surface area contributed by atoms with E-state index in [1.165, 1.54) is 6.29 Å². The monoisotopic (exact) mass is 199 g/mol. The predicted octanol–water partition coefficient (Wildman–Crippen LogP) is -0.179. The molecule has 0 atom stereocenters. The molecule has 5 heteroatoms. The number of nitrogens with zero attached hydrogens (tertiary/aromatic N) is 2. The average molecular weight is 199 g/mol. The molecule has 1 heterocycles. The average Bonchev–Trinajstić information content (AvgIpc) is 2.25. The summed E-state index contributed by atoms with van der Waals surface area (Å²) in [4.78, 5) is 16.8. The van der Waals surface area contributed by atoms with Gasteiger partial charge in [-0.2, -0.15) is 0 Å². The van der Waals surface area contributed by atoms with E-state index >= 15 is 0 Å². The van der Waals surface area contributed by atoms with Gasteiger partial charge in [0.25, 0.3) is 0 Å². The quantitative estimate of drug-likeness (QED) is 0.338. The smallest absolute Gasteiger partial charge is 0.248 e. The molecule has 1 fully saturated rings. The number of oxime groups is 1. The van der Waals surface area contributed by atoms with Crippen LogP contribution in [0.5, 0.6) is 0 Å². The van der Waals surface area contributed by atoms with Crippen molar-refractivity contribution in [3.8, 4) is 0 Å². The first kappa shape index (κ1) is 11.1. The molecule has 0 N–H and O–H groups in total. The number of morpholine rings is 1. The summed E-state index contributed by atoms with van der Waals surface area (Å²) < 4.78 is 5.22. The van der Waals surface area contributed by atoms with E-state index in [1.54, 1.807) is 0 Å². The van der Waals surface area contributed by atoms with Gasteiger partial charge in [0, 0.05) is 19.6 Å². The Kier molecular flexibility index (Phi) is 5.94. The fourth-order valence-electron chi connectivity index (χ4n) is 1.29. The highest BCUT2D eigenvalue weighted by Gasteiger charge is 2.08. The van der Waals surface area contributed by atoms with Crippen LogP contribution in [0.3, 0.4) is 0 Å². The van der Waals surface area contributed by atoms with Crippen molar-refractivity contribution in [3.05, 3.63) is 0 Å². The standard InChI is InChI=1S/C9H15N2O3/c12-6-2-10-14-7-1-3-11-4-8-13-9-5-11/h2H,1,3-5,7-9H2/b10-2+. The van der Waals surface area contributed by atoms with Gasteiger partial charge in [-0.15, -0.1) is 0 Å². The molecule has 14 heavy (non-hydrogen) atoms. The van der Waals surface area contributed by atoms with Gasteiger partial charge in [-0.05, 0) is 6.42 Å². The molecular formula is C9H15N2O3. The summed E-state index contributed by atoms with van der Waals surface area (Å²) in [6.07, 6.45) is 3.41. The molecule has 0 aromatic heterocycles. The molecule has 0 aromatic carbocycles. The zero-order chi connectivity index (χ0) is 10.1. The Balaban J connectivity index is 1.92. The fourth-order valence-corrected chi connectivity index (χ4v) is 1.29. The Hall–Kier alpha value is -0.940. The molecule has 1 radical (unpaired) electrons. The van der Waals surface area contributed by atoms with Crippen LogP contribution >= 0.6 is 0 Å². The summed E-state index contributed by atoms with van der Waals surface area (Å²) in [5.41, 5.74) is 0. The minimum absolute atomic E-state index is 0.537. The largest absolute Gasteiger partial charge is 0.396 e. The molecule has 1 saturated heterocycles. The first-order valence-electron chi connectivity index (χ1n) is 4.75. The summed E-state index contributed by atoms with van der Waals surface area (Å²) in [7, 11) is 0. The summed E-state index contributed by atoms with van der Waals surface area (Å²) in [5, 5.41) is 3.38. The lowest BCUT2D eigenvalue weighted by Crippen LogP contribution is -2.37. The van der Waals surface area contributed by atoms with Crippen LogP contribution in [0.15, 0.2) is 5.16 Å². The SMILES string of the molecule is O=[C]/C=N/OCCCN1CCOCC1. The Morgan fingerprint density at radius 2 is 2.29 bits per heavy atom. The Morgan fingerprint density at radius 3 is 3.00 bits per heavy atom. The second-order valence-electron chi connectivity index (χ2n) is 2.99. The number of rotatable bonds is 6. The van der Waals surface area contributed by atoms with Crippen molar-refractivity contribution >= 4 is 12.5 Å². The van der Waals surface area contributed by atoms with Crippen LogP contribution < -0.4 is 0 Å². The van der Waals surface area contributed by atoms with Gasteiger partial charge in [0.2, 0.25) is 6.29 Å². The second kappa shape index (κ2) is 7.46.